The number of guanidine groups is 1. The second-order valence-electron chi connectivity index (χ2n) is 6.35. The molecule has 0 atom stereocenters. The van der Waals surface area contributed by atoms with Crippen LogP contribution in [0.15, 0.2) is 41.9 Å². The van der Waals surface area contributed by atoms with Gasteiger partial charge in [0, 0.05) is 38.8 Å². The first-order valence-corrected chi connectivity index (χ1v) is 7.94. The molecule has 1 aromatic rings. The molecule has 0 spiro atoms. The van der Waals surface area contributed by atoms with Crippen molar-refractivity contribution in [1.29, 1.82) is 0 Å². The fourth-order valence-corrected chi connectivity index (χ4v) is 2.81. The van der Waals surface area contributed by atoms with E-state index in [0.717, 1.165) is 38.6 Å². The number of fused-ring (bicyclic) bond motifs is 1. The minimum Gasteiger partial charge on any atom is -0.355 e. The van der Waals surface area contributed by atoms with Crippen molar-refractivity contribution in [2.75, 3.05) is 26.7 Å². The van der Waals surface area contributed by atoms with Crippen LogP contribution >= 0.6 is 0 Å². The second-order valence-corrected chi connectivity index (χ2v) is 6.35. The van der Waals surface area contributed by atoms with Gasteiger partial charge < -0.3 is 10.6 Å². The third kappa shape index (κ3) is 4.10. The molecule has 1 aliphatic rings. The van der Waals surface area contributed by atoms with Gasteiger partial charge in [0.1, 0.15) is 0 Å². The quantitative estimate of drug-likeness (QED) is 0.497. The summed E-state index contributed by atoms with van der Waals surface area (Å²) in [6.07, 6.45) is 2.96. The Balaban J connectivity index is 1.95. The van der Waals surface area contributed by atoms with Crippen molar-refractivity contribution in [3.05, 3.63) is 48.0 Å². The fraction of sp³-hybridized carbons (Fsp3) is 0.500. The van der Waals surface area contributed by atoms with Crippen LogP contribution < -0.4 is 10.6 Å². The summed E-state index contributed by atoms with van der Waals surface area (Å²) in [5, 5.41) is 6.63. The summed E-state index contributed by atoms with van der Waals surface area (Å²) < 4.78 is 0. The third-order valence-electron chi connectivity index (χ3n) is 4.31. The van der Waals surface area contributed by atoms with Gasteiger partial charge in [0.25, 0.3) is 0 Å². The molecule has 2 rings (SSSR count). The van der Waals surface area contributed by atoms with Crippen LogP contribution in [0.5, 0.6) is 0 Å². The van der Waals surface area contributed by atoms with Gasteiger partial charge in [-0.2, -0.15) is 0 Å². The largest absolute Gasteiger partial charge is 0.355 e. The zero-order valence-electron chi connectivity index (χ0n) is 14.0. The number of hydrogen-bond donors (Lipinski definition) is 2. The summed E-state index contributed by atoms with van der Waals surface area (Å²) in [6, 6.07) is 8.76. The summed E-state index contributed by atoms with van der Waals surface area (Å²) in [5.74, 6) is 0.824. The first kappa shape index (κ1) is 16.6. The average molecular weight is 300 g/mol. The van der Waals surface area contributed by atoms with Gasteiger partial charge in [-0.05, 0) is 31.4 Å². The molecule has 0 aromatic heterocycles. The zero-order chi connectivity index (χ0) is 16.0. The minimum atomic E-state index is 0.0688. The molecule has 0 saturated heterocycles. The van der Waals surface area contributed by atoms with E-state index in [9.17, 15) is 0 Å². The van der Waals surface area contributed by atoms with Crippen LogP contribution in [0.1, 0.15) is 25.0 Å². The van der Waals surface area contributed by atoms with E-state index in [4.69, 9.17) is 0 Å². The summed E-state index contributed by atoms with van der Waals surface area (Å²) in [5.41, 5.74) is 3.02. The Morgan fingerprint density at radius 1 is 1.32 bits per heavy atom. The van der Waals surface area contributed by atoms with E-state index in [2.05, 4.69) is 65.2 Å². The highest BCUT2D eigenvalue weighted by molar-refractivity contribution is 5.79. The second kappa shape index (κ2) is 7.45. The van der Waals surface area contributed by atoms with Crippen molar-refractivity contribution in [3.63, 3.8) is 0 Å². The van der Waals surface area contributed by atoms with Gasteiger partial charge in [0.05, 0.1) is 0 Å². The molecule has 0 aliphatic carbocycles. The number of nitrogens with zero attached hydrogens (tertiary/aromatic N) is 2. The first-order valence-electron chi connectivity index (χ1n) is 7.94. The lowest BCUT2D eigenvalue weighted by molar-refractivity contribution is 0.107. The van der Waals surface area contributed by atoms with Gasteiger partial charge in [0.2, 0.25) is 0 Å². The number of aliphatic imine (C=N–C) groups is 1. The van der Waals surface area contributed by atoms with Crippen molar-refractivity contribution in [3.8, 4) is 0 Å². The van der Waals surface area contributed by atoms with Crippen LogP contribution in [0.3, 0.4) is 0 Å². The van der Waals surface area contributed by atoms with E-state index in [-0.39, 0.29) is 5.54 Å². The van der Waals surface area contributed by atoms with Crippen LogP contribution in [-0.2, 0) is 13.0 Å². The van der Waals surface area contributed by atoms with Crippen molar-refractivity contribution in [1.82, 2.24) is 15.5 Å². The lowest BCUT2D eigenvalue weighted by Gasteiger charge is -2.42. The third-order valence-corrected chi connectivity index (χ3v) is 4.31. The molecule has 2 N–H and O–H groups in total. The Hall–Kier alpha value is -1.81. The molecule has 1 heterocycles. The number of hydrogen-bond acceptors (Lipinski definition) is 2. The zero-order valence-corrected chi connectivity index (χ0v) is 14.0. The number of benzene rings is 1. The fourth-order valence-electron chi connectivity index (χ4n) is 2.81. The van der Waals surface area contributed by atoms with Gasteiger partial charge in [-0.3, -0.25) is 9.89 Å². The maximum Gasteiger partial charge on any atom is 0.191 e. The van der Waals surface area contributed by atoms with Crippen LogP contribution in [0.4, 0.5) is 0 Å². The maximum atomic E-state index is 4.24. The summed E-state index contributed by atoms with van der Waals surface area (Å²) in [4.78, 5) is 6.78. The Labute approximate surface area is 134 Å². The SMILES string of the molecule is C=CCNC(=NC)NCC(C)(C)N1CCc2ccccc2C1. The van der Waals surface area contributed by atoms with Crippen LogP contribution in [0.25, 0.3) is 0 Å². The van der Waals surface area contributed by atoms with Gasteiger partial charge in [-0.15, -0.1) is 6.58 Å². The van der Waals surface area contributed by atoms with E-state index in [0.29, 0.717) is 0 Å². The highest BCUT2D eigenvalue weighted by Gasteiger charge is 2.29. The summed E-state index contributed by atoms with van der Waals surface area (Å²) in [7, 11) is 1.79. The van der Waals surface area contributed by atoms with E-state index in [1.54, 1.807) is 7.05 Å². The first-order chi connectivity index (χ1) is 10.6. The average Bonchev–Trinajstić information content (AvgIpc) is 2.54. The number of rotatable bonds is 5. The van der Waals surface area contributed by atoms with Gasteiger partial charge in [-0.25, -0.2) is 0 Å². The molecule has 1 aromatic carbocycles. The summed E-state index contributed by atoms with van der Waals surface area (Å²) >= 11 is 0. The number of nitrogens with one attached hydrogen (secondary N) is 2. The predicted octanol–water partition coefficient (Wildman–Crippen LogP) is 2.17. The van der Waals surface area contributed by atoms with Crippen LogP contribution in [-0.4, -0.2) is 43.1 Å². The Morgan fingerprint density at radius 3 is 2.73 bits per heavy atom. The summed E-state index contributed by atoms with van der Waals surface area (Å²) in [6.45, 7) is 12.0. The highest BCUT2D eigenvalue weighted by atomic mass is 15.2. The molecule has 0 unspecified atom stereocenters. The van der Waals surface area contributed by atoms with Crippen molar-refractivity contribution in [2.24, 2.45) is 4.99 Å². The Bertz CT molecular complexity index is 534. The molecule has 0 bridgehead atoms. The molecule has 1 aliphatic heterocycles. The van der Waals surface area contributed by atoms with E-state index in [1.807, 2.05) is 6.08 Å². The standard InChI is InChI=1S/C18H28N4/c1-5-11-20-17(19-4)21-14-18(2,3)22-12-10-15-8-6-7-9-16(15)13-22/h5-9H,1,10-14H2,2-4H3,(H2,19,20,21). The molecule has 0 fully saturated rings. The van der Waals surface area contributed by atoms with Gasteiger partial charge >= 0.3 is 0 Å². The van der Waals surface area contributed by atoms with Crippen molar-refractivity contribution < 1.29 is 0 Å². The molecular formula is C18H28N4. The minimum absolute atomic E-state index is 0.0688. The van der Waals surface area contributed by atoms with Gasteiger partial charge in [-0.1, -0.05) is 30.3 Å². The van der Waals surface area contributed by atoms with Crippen molar-refractivity contribution in [2.45, 2.75) is 32.4 Å². The molecule has 0 saturated carbocycles. The molecular weight excluding hydrogens is 272 g/mol. The molecule has 4 heteroatoms. The molecule has 4 nitrogen and oxygen atoms in total. The van der Waals surface area contributed by atoms with E-state index < -0.39 is 0 Å². The smallest absolute Gasteiger partial charge is 0.191 e. The predicted molar refractivity (Wildman–Crippen MR) is 94.2 cm³/mol. The lowest BCUT2D eigenvalue weighted by Crippen LogP contribution is -2.54. The monoisotopic (exact) mass is 300 g/mol. The van der Waals surface area contributed by atoms with Crippen LogP contribution in [0.2, 0.25) is 0 Å². The Kier molecular flexibility index (Phi) is 5.61. The van der Waals surface area contributed by atoms with Gasteiger partial charge in [0.15, 0.2) is 5.96 Å². The molecule has 22 heavy (non-hydrogen) atoms. The maximum absolute atomic E-state index is 4.24. The Morgan fingerprint density at radius 2 is 2.05 bits per heavy atom. The van der Waals surface area contributed by atoms with Crippen molar-refractivity contribution >= 4 is 5.96 Å². The normalized spacial score (nSPS) is 16.0. The molecule has 0 radical (unpaired) electrons. The highest BCUT2D eigenvalue weighted by Crippen LogP contribution is 2.24. The van der Waals surface area contributed by atoms with Crippen LogP contribution in [0, 0.1) is 0 Å². The molecule has 0 amide bonds. The lowest BCUT2D eigenvalue weighted by atomic mass is 9.94. The van der Waals surface area contributed by atoms with E-state index >= 15 is 0 Å². The van der Waals surface area contributed by atoms with E-state index in [1.165, 1.54) is 11.1 Å². The molecule has 120 valence electrons. The topological polar surface area (TPSA) is 39.7 Å².